The standard InChI is InChI=1S/C22H27ClN2O2/c1-4-5-7-12-20(18-10-8-6-9-11-18)24-25-21(26)15-27-19-13-16(2)22(23)17(3)14-19/h6,8-11,13-14H,4-5,7,12,15H2,1-3H3,(H,25,26). The number of halogens is 1. The van der Waals surface area contributed by atoms with E-state index < -0.39 is 0 Å². The van der Waals surface area contributed by atoms with Gasteiger partial charge in [-0.05, 0) is 55.5 Å². The lowest BCUT2D eigenvalue weighted by molar-refractivity contribution is -0.123. The van der Waals surface area contributed by atoms with E-state index in [0.29, 0.717) is 5.75 Å². The molecule has 5 heteroatoms. The molecule has 27 heavy (non-hydrogen) atoms. The number of rotatable bonds is 9. The van der Waals surface area contributed by atoms with E-state index in [0.717, 1.165) is 53.1 Å². The summed E-state index contributed by atoms with van der Waals surface area (Å²) in [6.45, 7) is 5.89. The highest BCUT2D eigenvalue weighted by molar-refractivity contribution is 6.32. The summed E-state index contributed by atoms with van der Waals surface area (Å²) in [4.78, 5) is 12.1. The third-order valence-electron chi connectivity index (χ3n) is 4.22. The van der Waals surface area contributed by atoms with Gasteiger partial charge < -0.3 is 4.74 Å². The number of hydrazone groups is 1. The van der Waals surface area contributed by atoms with E-state index in [2.05, 4.69) is 17.5 Å². The number of benzene rings is 2. The van der Waals surface area contributed by atoms with Gasteiger partial charge in [-0.1, -0.05) is 61.7 Å². The minimum Gasteiger partial charge on any atom is -0.484 e. The number of carbonyl (C=O) groups is 1. The van der Waals surface area contributed by atoms with Gasteiger partial charge in [0.15, 0.2) is 6.61 Å². The van der Waals surface area contributed by atoms with Crippen LogP contribution in [0.2, 0.25) is 5.02 Å². The summed E-state index contributed by atoms with van der Waals surface area (Å²) < 4.78 is 5.58. The summed E-state index contributed by atoms with van der Waals surface area (Å²) in [6.07, 6.45) is 4.15. The minimum absolute atomic E-state index is 0.0962. The number of nitrogens with zero attached hydrogens (tertiary/aromatic N) is 1. The van der Waals surface area contributed by atoms with Crippen LogP contribution in [0.3, 0.4) is 0 Å². The van der Waals surface area contributed by atoms with Gasteiger partial charge in [-0.25, -0.2) is 5.43 Å². The number of amides is 1. The highest BCUT2D eigenvalue weighted by Gasteiger charge is 2.08. The van der Waals surface area contributed by atoms with Crippen molar-refractivity contribution in [2.75, 3.05) is 6.61 Å². The predicted octanol–water partition coefficient (Wildman–Crippen LogP) is 5.44. The fourth-order valence-corrected chi connectivity index (χ4v) is 2.85. The quantitative estimate of drug-likeness (QED) is 0.354. The van der Waals surface area contributed by atoms with Crippen LogP contribution in [0.15, 0.2) is 47.6 Å². The highest BCUT2D eigenvalue weighted by Crippen LogP contribution is 2.25. The van der Waals surface area contributed by atoms with Gasteiger partial charge in [-0.2, -0.15) is 5.10 Å². The number of ether oxygens (including phenoxy) is 1. The monoisotopic (exact) mass is 386 g/mol. The molecular weight excluding hydrogens is 360 g/mol. The van der Waals surface area contributed by atoms with Crippen LogP contribution in [0.4, 0.5) is 0 Å². The van der Waals surface area contributed by atoms with Crippen molar-refractivity contribution in [2.24, 2.45) is 5.10 Å². The SMILES string of the molecule is CCCCCC(=NNC(=O)COc1cc(C)c(Cl)c(C)c1)c1ccccc1. The molecule has 2 rings (SSSR count). The van der Waals surface area contributed by atoms with Crippen molar-refractivity contribution < 1.29 is 9.53 Å². The minimum atomic E-state index is -0.288. The third kappa shape index (κ3) is 6.72. The number of aryl methyl sites for hydroxylation is 2. The van der Waals surface area contributed by atoms with Crippen LogP contribution in [-0.4, -0.2) is 18.2 Å². The maximum Gasteiger partial charge on any atom is 0.277 e. The van der Waals surface area contributed by atoms with Crippen LogP contribution < -0.4 is 10.2 Å². The van der Waals surface area contributed by atoms with Crippen molar-refractivity contribution >= 4 is 23.2 Å². The number of nitrogens with one attached hydrogen (secondary N) is 1. The Morgan fingerprint density at radius 3 is 2.41 bits per heavy atom. The van der Waals surface area contributed by atoms with Crippen LogP contribution in [0, 0.1) is 13.8 Å². The van der Waals surface area contributed by atoms with Crippen molar-refractivity contribution in [1.29, 1.82) is 0 Å². The van der Waals surface area contributed by atoms with Crippen molar-refractivity contribution in [2.45, 2.75) is 46.5 Å². The predicted molar refractivity (Wildman–Crippen MR) is 112 cm³/mol. The molecule has 0 aliphatic rings. The van der Waals surface area contributed by atoms with Gasteiger partial charge in [0.2, 0.25) is 0 Å². The van der Waals surface area contributed by atoms with Crippen molar-refractivity contribution in [1.82, 2.24) is 5.43 Å². The van der Waals surface area contributed by atoms with E-state index in [1.54, 1.807) is 0 Å². The molecule has 0 aliphatic heterocycles. The molecular formula is C22H27ClN2O2. The fraction of sp³-hybridized carbons (Fsp3) is 0.364. The molecule has 144 valence electrons. The van der Waals surface area contributed by atoms with Gasteiger partial charge in [-0.3, -0.25) is 4.79 Å². The van der Waals surface area contributed by atoms with E-state index in [9.17, 15) is 4.79 Å². The first-order valence-electron chi connectivity index (χ1n) is 9.31. The van der Waals surface area contributed by atoms with Crippen LogP contribution in [-0.2, 0) is 4.79 Å². The van der Waals surface area contributed by atoms with E-state index >= 15 is 0 Å². The molecule has 0 aromatic heterocycles. The molecule has 0 saturated carbocycles. The molecule has 0 radical (unpaired) electrons. The second-order valence-electron chi connectivity index (χ2n) is 6.58. The molecule has 0 fully saturated rings. The van der Waals surface area contributed by atoms with Crippen LogP contribution >= 0.6 is 11.6 Å². The molecule has 2 aromatic rings. The molecule has 0 aliphatic carbocycles. The summed E-state index contributed by atoms with van der Waals surface area (Å²) in [5.41, 5.74) is 6.38. The van der Waals surface area contributed by atoms with Gasteiger partial charge in [0.25, 0.3) is 5.91 Å². The van der Waals surface area contributed by atoms with E-state index in [1.807, 2.05) is 56.3 Å². The topological polar surface area (TPSA) is 50.7 Å². The van der Waals surface area contributed by atoms with Gasteiger partial charge in [-0.15, -0.1) is 0 Å². The Bertz CT molecular complexity index is 765. The lowest BCUT2D eigenvalue weighted by atomic mass is 10.0. The number of hydrogen-bond acceptors (Lipinski definition) is 3. The van der Waals surface area contributed by atoms with E-state index in [-0.39, 0.29) is 12.5 Å². The highest BCUT2D eigenvalue weighted by atomic mass is 35.5. The Morgan fingerprint density at radius 1 is 1.11 bits per heavy atom. The van der Waals surface area contributed by atoms with Gasteiger partial charge in [0.05, 0.1) is 5.71 Å². The second kappa shape index (κ2) is 10.7. The zero-order chi connectivity index (χ0) is 19.6. The molecule has 4 nitrogen and oxygen atoms in total. The molecule has 0 heterocycles. The molecule has 0 spiro atoms. The summed E-state index contributed by atoms with van der Waals surface area (Å²) in [6, 6.07) is 13.6. The third-order valence-corrected chi connectivity index (χ3v) is 4.82. The number of carbonyl (C=O) groups excluding carboxylic acids is 1. The Hall–Kier alpha value is -2.33. The smallest absolute Gasteiger partial charge is 0.277 e. The average Bonchev–Trinajstić information content (AvgIpc) is 2.67. The van der Waals surface area contributed by atoms with E-state index in [1.165, 1.54) is 0 Å². The molecule has 0 unspecified atom stereocenters. The first-order chi connectivity index (χ1) is 13.0. The first kappa shape index (κ1) is 21.0. The zero-order valence-corrected chi connectivity index (χ0v) is 17.0. The maximum absolute atomic E-state index is 12.1. The van der Waals surface area contributed by atoms with Crippen molar-refractivity contribution in [3.8, 4) is 5.75 Å². The lowest BCUT2D eigenvalue weighted by Gasteiger charge is -2.10. The normalized spacial score (nSPS) is 11.3. The Labute approximate surface area is 166 Å². The van der Waals surface area contributed by atoms with Gasteiger partial charge in [0.1, 0.15) is 5.75 Å². The van der Waals surface area contributed by atoms with Crippen LogP contribution in [0.25, 0.3) is 0 Å². The summed E-state index contributed by atoms with van der Waals surface area (Å²) in [5.74, 6) is 0.337. The van der Waals surface area contributed by atoms with Gasteiger partial charge in [0, 0.05) is 5.02 Å². The van der Waals surface area contributed by atoms with Crippen molar-refractivity contribution in [3.05, 3.63) is 64.2 Å². The first-order valence-corrected chi connectivity index (χ1v) is 9.69. The number of hydrogen-bond donors (Lipinski definition) is 1. The van der Waals surface area contributed by atoms with Gasteiger partial charge >= 0.3 is 0 Å². The van der Waals surface area contributed by atoms with Crippen LogP contribution in [0.5, 0.6) is 5.75 Å². The Morgan fingerprint density at radius 2 is 1.78 bits per heavy atom. The Balaban J connectivity index is 1.97. The average molecular weight is 387 g/mol. The molecule has 0 saturated heterocycles. The van der Waals surface area contributed by atoms with Crippen LogP contribution in [0.1, 0.15) is 49.3 Å². The molecule has 1 amide bonds. The van der Waals surface area contributed by atoms with E-state index in [4.69, 9.17) is 16.3 Å². The molecule has 0 bridgehead atoms. The fourth-order valence-electron chi connectivity index (χ4n) is 2.74. The molecule has 2 aromatic carbocycles. The lowest BCUT2D eigenvalue weighted by Crippen LogP contribution is -2.26. The van der Waals surface area contributed by atoms with Crippen molar-refractivity contribution in [3.63, 3.8) is 0 Å². The summed E-state index contributed by atoms with van der Waals surface area (Å²) in [5, 5.41) is 5.06. The molecule has 1 N–H and O–H groups in total. The zero-order valence-electron chi connectivity index (χ0n) is 16.2. The largest absolute Gasteiger partial charge is 0.484 e. The summed E-state index contributed by atoms with van der Waals surface area (Å²) in [7, 11) is 0. The summed E-state index contributed by atoms with van der Waals surface area (Å²) >= 11 is 6.15. The second-order valence-corrected chi connectivity index (χ2v) is 6.95. The Kier molecular flexibility index (Phi) is 8.34. The maximum atomic E-state index is 12.1. The number of unbranched alkanes of at least 4 members (excludes halogenated alkanes) is 2. The molecule has 0 atom stereocenters.